The third-order valence-corrected chi connectivity index (χ3v) is 5.92. The van der Waals surface area contributed by atoms with Gasteiger partial charge in [0, 0.05) is 32.1 Å². The SMILES string of the molecule is COc1cccc([C@H]2c3c(n(C)c(=O)n(C)c3=O)NC3=CC(C)(C)CC(=O)[C@@H]32)c1. The Balaban J connectivity index is 2.08. The number of carbonyl (C=O) groups excluding carboxylic acids is 1. The number of aromatic nitrogens is 2. The summed E-state index contributed by atoms with van der Waals surface area (Å²) in [5, 5.41) is 3.25. The molecule has 4 rings (SSSR count). The lowest BCUT2D eigenvalue weighted by Gasteiger charge is -2.41. The number of ether oxygens (including phenoxy) is 1. The summed E-state index contributed by atoms with van der Waals surface area (Å²) in [6, 6.07) is 7.43. The monoisotopic (exact) mass is 395 g/mol. The summed E-state index contributed by atoms with van der Waals surface area (Å²) < 4.78 is 7.91. The molecule has 0 unspecified atom stereocenters. The minimum absolute atomic E-state index is 0.0781. The van der Waals surface area contributed by atoms with Gasteiger partial charge in [0.25, 0.3) is 5.56 Å². The molecule has 1 aromatic carbocycles. The van der Waals surface area contributed by atoms with E-state index in [-0.39, 0.29) is 16.8 Å². The van der Waals surface area contributed by atoms with E-state index in [1.54, 1.807) is 14.2 Å². The Hall–Kier alpha value is -3.09. The van der Waals surface area contributed by atoms with Gasteiger partial charge in [-0.1, -0.05) is 32.1 Å². The zero-order chi connectivity index (χ0) is 21.1. The molecule has 7 heteroatoms. The van der Waals surface area contributed by atoms with E-state index in [4.69, 9.17) is 4.74 Å². The van der Waals surface area contributed by atoms with Crippen molar-refractivity contribution in [3.63, 3.8) is 0 Å². The lowest BCUT2D eigenvalue weighted by atomic mass is 9.67. The van der Waals surface area contributed by atoms with Gasteiger partial charge in [-0.15, -0.1) is 0 Å². The zero-order valence-corrected chi connectivity index (χ0v) is 17.3. The zero-order valence-electron chi connectivity index (χ0n) is 17.3. The summed E-state index contributed by atoms with van der Waals surface area (Å²) in [5.41, 5.74) is 0.885. The number of rotatable bonds is 2. The number of hydrogen-bond acceptors (Lipinski definition) is 5. The highest BCUT2D eigenvalue weighted by molar-refractivity contribution is 5.90. The topological polar surface area (TPSA) is 82.3 Å². The Morgan fingerprint density at radius 1 is 1.10 bits per heavy atom. The molecule has 0 saturated carbocycles. The molecular formula is C22H25N3O4. The average Bonchev–Trinajstić information content (AvgIpc) is 2.68. The Morgan fingerprint density at radius 3 is 2.52 bits per heavy atom. The molecule has 0 saturated heterocycles. The Morgan fingerprint density at radius 2 is 1.83 bits per heavy atom. The molecule has 0 spiro atoms. The van der Waals surface area contributed by atoms with Crippen LogP contribution in [0.2, 0.25) is 0 Å². The Kier molecular flexibility index (Phi) is 4.29. The van der Waals surface area contributed by atoms with Crippen molar-refractivity contribution in [2.45, 2.75) is 26.2 Å². The third kappa shape index (κ3) is 2.92. The molecule has 1 N–H and O–H groups in total. The quantitative estimate of drug-likeness (QED) is 0.843. The maximum absolute atomic E-state index is 13.3. The van der Waals surface area contributed by atoms with Gasteiger partial charge in [-0.2, -0.15) is 0 Å². The lowest BCUT2D eigenvalue weighted by Crippen LogP contribution is -2.47. The van der Waals surface area contributed by atoms with Crippen LogP contribution in [0.1, 0.15) is 37.3 Å². The molecule has 2 heterocycles. The van der Waals surface area contributed by atoms with E-state index in [0.29, 0.717) is 23.6 Å². The number of nitrogens with one attached hydrogen (secondary N) is 1. The molecule has 2 aliphatic rings. The molecule has 1 aliphatic heterocycles. The second-order valence-corrected chi connectivity index (χ2v) is 8.56. The first-order valence-corrected chi connectivity index (χ1v) is 9.61. The first-order chi connectivity index (χ1) is 13.6. The predicted molar refractivity (Wildman–Crippen MR) is 110 cm³/mol. The maximum Gasteiger partial charge on any atom is 0.332 e. The molecule has 29 heavy (non-hydrogen) atoms. The summed E-state index contributed by atoms with van der Waals surface area (Å²) in [7, 11) is 4.68. The summed E-state index contributed by atoms with van der Waals surface area (Å²) in [4.78, 5) is 39.0. The van der Waals surface area contributed by atoms with Gasteiger partial charge in [0.1, 0.15) is 17.4 Å². The average molecular weight is 395 g/mol. The fourth-order valence-electron chi connectivity index (χ4n) is 4.57. The number of anilines is 1. The smallest absolute Gasteiger partial charge is 0.332 e. The Bertz CT molecular complexity index is 1170. The molecule has 2 aromatic rings. The van der Waals surface area contributed by atoms with Crippen molar-refractivity contribution in [2.24, 2.45) is 25.4 Å². The van der Waals surface area contributed by atoms with E-state index in [0.717, 1.165) is 15.8 Å². The van der Waals surface area contributed by atoms with Crippen molar-refractivity contribution in [3.8, 4) is 5.75 Å². The van der Waals surface area contributed by atoms with Crippen LogP contribution < -0.4 is 21.3 Å². The number of methoxy groups -OCH3 is 1. The van der Waals surface area contributed by atoms with Gasteiger partial charge in [0.05, 0.1) is 18.6 Å². The van der Waals surface area contributed by atoms with Gasteiger partial charge < -0.3 is 10.1 Å². The van der Waals surface area contributed by atoms with Crippen molar-refractivity contribution in [1.82, 2.24) is 9.13 Å². The number of ketones is 1. The van der Waals surface area contributed by atoms with Gasteiger partial charge >= 0.3 is 5.69 Å². The highest BCUT2D eigenvalue weighted by atomic mass is 16.5. The molecule has 1 aromatic heterocycles. The van der Waals surface area contributed by atoms with Crippen molar-refractivity contribution < 1.29 is 9.53 Å². The molecular weight excluding hydrogens is 370 g/mol. The van der Waals surface area contributed by atoms with Crippen LogP contribution in [-0.4, -0.2) is 22.0 Å². The lowest BCUT2D eigenvalue weighted by molar-refractivity contribution is -0.124. The van der Waals surface area contributed by atoms with Crippen LogP contribution in [0.15, 0.2) is 45.6 Å². The van der Waals surface area contributed by atoms with Crippen LogP contribution in [0.5, 0.6) is 5.75 Å². The summed E-state index contributed by atoms with van der Waals surface area (Å²) >= 11 is 0. The molecule has 0 bridgehead atoms. The van der Waals surface area contributed by atoms with E-state index in [2.05, 4.69) is 11.4 Å². The van der Waals surface area contributed by atoms with Gasteiger partial charge in [-0.3, -0.25) is 18.7 Å². The third-order valence-electron chi connectivity index (χ3n) is 5.92. The van der Waals surface area contributed by atoms with Crippen molar-refractivity contribution in [1.29, 1.82) is 0 Å². The van der Waals surface area contributed by atoms with Gasteiger partial charge in [0.15, 0.2) is 0 Å². The van der Waals surface area contributed by atoms with Crippen LogP contribution >= 0.6 is 0 Å². The highest BCUT2D eigenvalue weighted by Crippen LogP contribution is 2.48. The van der Waals surface area contributed by atoms with Gasteiger partial charge in [-0.25, -0.2) is 4.79 Å². The first-order valence-electron chi connectivity index (χ1n) is 9.61. The van der Waals surface area contributed by atoms with Crippen LogP contribution in [0, 0.1) is 11.3 Å². The van der Waals surface area contributed by atoms with E-state index in [1.165, 1.54) is 11.6 Å². The number of allylic oxidation sites excluding steroid dienone is 2. The summed E-state index contributed by atoms with van der Waals surface area (Å²) in [5.74, 6) is 0.168. The van der Waals surface area contributed by atoms with E-state index in [1.807, 2.05) is 38.1 Å². The molecule has 1 aliphatic carbocycles. The molecule has 0 amide bonds. The second-order valence-electron chi connectivity index (χ2n) is 8.56. The summed E-state index contributed by atoms with van der Waals surface area (Å²) in [6.45, 7) is 4.02. The van der Waals surface area contributed by atoms with Crippen molar-refractivity contribution >= 4 is 11.6 Å². The number of carbonyl (C=O) groups is 1. The van der Waals surface area contributed by atoms with Crippen LogP contribution in [0.3, 0.4) is 0 Å². The maximum atomic E-state index is 13.3. The largest absolute Gasteiger partial charge is 0.497 e. The molecule has 7 nitrogen and oxygen atoms in total. The number of nitrogens with zero attached hydrogens (tertiary/aromatic N) is 2. The fraction of sp³-hybridized carbons (Fsp3) is 0.409. The fourth-order valence-corrected chi connectivity index (χ4v) is 4.57. The van der Waals surface area contributed by atoms with Crippen molar-refractivity contribution in [2.75, 3.05) is 12.4 Å². The predicted octanol–water partition coefficient (Wildman–Crippen LogP) is 2.15. The van der Waals surface area contributed by atoms with E-state index >= 15 is 0 Å². The minimum Gasteiger partial charge on any atom is -0.497 e. The summed E-state index contributed by atoms with van der Waals surface area (Å²) in [6.07, 6.45) is 2.45. The van der Waals surface area contributed by atoms with Crippen LogP contribution in [-0.2, 0) is 18.9 Å². The molecule has 0 fully saturated rings. The van der Waals surface area contributed by atoms with Crippen LogP contribution in [0.4, 0.5) is 5.82 Å². The van der Waals surface area contributed by atoms with Crippen LogP contribution in [0.25, 0.3) is 0 Å². The number of benzene rings is 1. The normalized spacial score (nSPS) is 22.2. The number of Topliss-reactive ketones (excluding diaryl/α,β-unsaturated/α-hetero) is 1. The molecule has 152 valence electrons. The first kappa shape index (κ1) is 19.2. The van der Waals surface area contributed by atoms with Gasteiger partial charge in [0.2, 0.25) is 0 Å². The second kappa shape index (κ2) is 6.47. The highest BCUT2D eigenvalue weighted by Gasteiger charge is 2.46. The van der Waals surface area contributed by atoms with Gasteiger partial charge in [-0.05, 0) is 23.1 Å². The molecule has 0 radical (unpaired) electrons. The molecule has 2 atom stereocenters. The van der Waals surface area contributed by atoms with E-state index < -0.39 is 17.5 Å². The van der Waals surface area contributed by atoms with Crippen molar-refractivity contribution in [3.05, 3.63) is 68.0 Å². The van der Waals surface area contributed by atoms with E-state index in [9.17, 15) is 14.4 Å². The Labute approximate surface area is 168 Å². The number of fused-ring (bicyclic) bond motifs is 2. The minimum atomic E-state index is -0.507. The number of hydrogen-bond donors (Lipinski definition) is 1. The standard InChI is InChI=1S/C22H25N3O4/c1-22(2)10-14-17(15(26)11-22)16(12-7-6-8-13(9-12)29-5)18-19(23-14)24(3)21(28)25(4)20(18)27/h6-10,16-17,23H,11H2,1-5H3/t16-,17-/m1/s1.